The van der Waals surface area contributed by atoms with Crippen molar-refractivity contribution in [2.45, 2.75) is 18.7 Å². The van der Waals surface area contributed by atoms with Gasteiger partial charge in [0.1, 0.15) is 11.6 Å². The van der Waals surface area contributed by atoms with E-state index in [0.717, 1.165) is 33.5 Å². The molecule has 6 nitrogen and oxygen atoms in total. The van der Waals surface area contributed by atoms with Crippen LogP contribution in [0, 0.1) is 19.7 Å². The molecule has 0 N–H and O–H groups in total. The summed E-state index contributed by atoms with van der Waals surface area (Å²) in [7, 11) is -0.150. The summed E-state index contributed by atoms with van der Waals surface area (Å²) in [5.41, 5.74) is 2.87. The summed E-state index contributed by atoms with van der Waals surface area (Å²) in [5.74, 6) is -1.80. The molecule has 1 aromatic heterocycles. The first-order chi connectivity index (χ1) is 14.1. The molecule has 3 aromatic rings. The molecule has 0 aliphatic rings. The van der Waals surface area contributed by atoms with Gasteiger partial charge in [0, 0.05) is 13.1 Å². The van der Waals surface area contributed by atoms with Crippen LogP contribution in [0.15, 0.2) is 41.3 Å². The molecule has 1 amide bonds. The van der Waals surface area contributed by atoms with E-state index in [0.29, 0.717) is 18.2 Å². The number of nitrogens with zero attached hydrogens (tertiary/aromatic N) is 3. The number of halogens is 1. The van der Waals surface area contributed by atoms with Crippen molar-refractivity contribution in [3.63, 3.8) is 0 Å². The minimum atomic E-state index is -3.91. The van der Waals surface area contributed by atoms with Crippen LogP contribution in [0.3, 0.4) is 0 Å². The number of aromatic nitrogens is 1. The topological polar surface area (TPSA) is 70.6 Å². The van der Waals surface area contributed by atoms with E-state index in [1.807, 2.05) is 45.0 Å². The van der Waals surface area contributed by atoms with E-state index in [2.05, 4.69) is 4.98 Å². The lowest BCUT2D eigenvalue weighted by Gasteiger charge is -2.22. The summed E-state index contributed by atoms with van der Waals surface area (Å²) in [4.78, 5) is 21.0. The molecule has 0 atom stereocenters. The summed E-state index contributed by atoms with van der Waals surface area (Å²) in [6, 6.07) is 8.47. The summed E-state index contributed by atoms with van der Waals surface area (Å²) in [5, 5.41) is 0.476. The van der Waals surface area contributed by atoms with E-state index >= 15 is 0 Å². The number of rotatable bonds is 7. The molecule has 3 rings (SSSR count). The maximum Gasteiger partial charge on any atom is 0.244 e. The summed E-state index contributed by atoms with van der Waals surface area (Å²) < 4.78 is 39.6. The van der Waals surface area contributed by atoms with Crippen molar-refractivity contribution in [1.29, 1.82) is 0 Å². The molecule has 0 fully saturated rings. The van der Waals surface area contributed by atoms with Crippen LogP contribution in [0.2, 0.25) is 0 Å². The number of carbonyl (C=O) groups is 1. The molecule has 160 valence electrons. The Bertz CT molecular complexity index is 1130. The second-order valence-corrected chi connectivity index (χ2v) is 10.4. The van der Waals surface area contributed by atoms with Crippen LogP contribution in [0.1, 0.15) is 11.1 Å². The Morgan fingerprint density at radius 2 is 1.67 bits per heavy atom. The van der Waals surface area contributed by atoms with Gasteiger partial charge in [-0.3, -0.25) is 9.69 Å². The fourth-order valence-electron chi connectivity index (χ4n) is 2.96. The third-order valence-corrected chi connectivity index (χ3v) is 7.55. The van der Waals surface area contributed by atoms with Gasteiger partial charge in [-0.05, 0) is 63.3 Å². The van der Waals surface area contributed by atoms with Crippen LogP contribution in [0.4, 0.5) is 9.52 Å². The Hall–Kier alpha value is -2.36. The summed E-state index contributed by atoms with van der Waals surface area (Å²) in [6.07, 6.45) is 0. The lowest BCUT2D eigenvalue weighted by atomic mass is 10.1. The average molecular weight is 450 g/mol. The third kappa shape index (κ3) is 4.85. The van der Waals surface area contributed by atoms with E-state index in [-0.39, 0.29) is 4.90 Å². The summed E-state index contributed by atoms with van der Waals surface area (Å²) in [6.45, 7) is 4.80. The Labute approximate surface area is 179 Å². The molecule has 0 saturated heterocycles. The Balaban J connectivity index is 1.95. The second-order valence-electron chi connectivity index (χ2n) is 7.44. The van der Waals surface area contributed by atoms with Crippen LogP contribution in [0.5, 0.6) is 0 Å². The molecule has 1 heterocycles. The molecule has 0 bridgehead atoms. The highest BCUT2D eigenvalue weighted by Gasteiger charge is 2.27. The van der Waals surface area contributed by atoms with Crippen molar-refractivity contribution in [1.82, 2.24) is 9.88 Å². The van der Waals surface area contributed by atoms with Gasteiger partial charge in [0.2, 0.25) is 5.91 Å². The van der Waals surface area contributed by atoms with Crippen LogP contribution < -0.4 is 4.90 Å². The maximum absolute atomic E-state index is 13.1. The number of carbonyl (C=O) groups excluding carboxylic acids is 1. The van der Waals surface area contributed by atoms with Crippen LogP contribution >= 0.6 is 11.3 Å². The van der Waals surface area contributed by atoms with Gasteiger partial charge < -0.3 is 4.90 Å². The van der Waals surface area contributed by atoms with Gasteiger partial charge in [-0.1, -0.05) is 23.5 Å². The molecule has 0 saturated carbocycles. The number of sulfone groups is 1. The van der Waals surface area contributed by atoms with Crippen molar-refractivity contribution >= 4 is 42.4 Å². The number of thiazole rings is 1. The number of hydrogen-bond acceptors (Lipinski definition) is 6. The average Bonchev–Trinajstić information content (AvgIpc) is 3.11. The zero-order chi connectivity index (χ0) is 22.1. The number of amides is 1. The number of aryl methyl sites for hydroxylation is 2. The molecule has 0 aliphatic heterocycles. The third-order valence-electron chi connectivity index (χ3n) is 4.72. The fraction of sp³-hybridized carbons (Fsp3) is 0.333. The number of fused-ring (bicyclic) bond motifs is 1. The summed E-state index contributed by atoms with van der Waals surface area (Å²) >= 11 is 1.38. The molecular weight excluding hydrogens is 425 g/mol. The van der Waals surface area contributed by atoms with Gasteiger partial charge in [-0.25, -0.2) is 17.8 Å². The smallest absolute Gasteiger partial charge is 0.244 e. The van der Waals surface area contributed by atoms with E-state index in [1.165, 1.54) is 28.4 Å². The predicted octanol–water partition coefficient (Wildman–Crippen LogP) is 3.42. The highest BCUT2D eigenvalue weighted by atomic mass is 32.2. The zero-order valence-corrected chi connectivity index (χ0v) is 19.0. The minimum absolute atomic E-state index is 0.0826. The normalized spacial score (nSPS) is 11.9. The van der Waals surface area contributed by atoms with Crippen molar-refractivity contribution in [3.05, 3.63) is 53.3 Å². The lowest BCUT2D eigenvalue weighted by molar-refractivity contribution is -0.116. The Morgan fingerprint density at radius 3 is 2.27 bits per heavy atom. The van der Waals surface area contributed by atoms with Crippen LogP contribution in [-0.2, 0) is 14.6 Å². The molecule has 2 aromatic carbocycles. The molecule has 0 spiro atoms. The van der Waals surface area contributed by atoms with E-state index < -0.39 is 27.3 Å². The molecular formula is C21H24FN3O3S2. The van der Waals surface area contributed by atoms with Gasteiger partial charge in [0.15, 0.2) is 15.0 Å². The van der Waals surface area contributed by atoms with Gasteiger partial charge in [0.05, 0.1) is 15.1 Å². The number of likely N-dealkylation sites (N-methyl/N-ethyl adjacent to an activating group) is 1. The molecule has 0 aliphatic carbocycles. The fourth-order valence-corrected chi connectivity index (χ4v) is 5.31. The highest BCUT2D eigenvalue weighted by Crippen LogP contribution is 2.33. The first-order valence-corrected chi connectivity index (χ1v) is 11.9. The van der Waals surface area contributed by atoms with Gasteiger partial charge >= 0.3 is 0 Å². The highest BCUT2D eigenvalue weighted by molar-refractivity contribution is 7.92. The molecule has 0 unspecified atom stereocenters. The lowest BCUT2D eigenvalue weighted by Crippen LogP contribution is -2.40. The molecule has 0 radical (unpaired) electrons. The van der Waals surface area contributed by atoms with Gasteiger partial charge in [-0.2, -0.15) is 0 Å². The quantitative estimate of drug-likeness (QED) is 0.517. The predicted molar refractivity (Wildman–Crippen MR) is 118 cm³/mol. The maximum atomic E-state index is 13.1. The second kappa shape index (κ2) is 8.79. The minimum Gasteiger partial charge on any atom is -0.308 e. The zero-order valence-electron chi connectivity index (χ0n) is 17.3. The first kappa shape index (κ1) is 22.3. The largest absolute Gasteiger partial charge is 0.308 e. The molecule has 9 heteroatoms. The Morgan fingerprint density at radius 1 is 1.03 bits per heavy atom. The van der Waals surface area contributed by atoms with Crippen molar-refractivity contribution in [2.75, 3.05) is 37.8 Å². The standard InChI is InChI=1S/C21H24FN3O3S2/c1-14-5-6-15(2)20-19(14)23-21(29-20)25(12-11-24(3)4)18(26)13-30(27,28)17-9-7-16(22)8-10-17/h5-10H,11-13H2,1-4H3. The van der Waals surface area contributed by atoms with Crippen LogP contribution in [0.25, 0.3) is 10.2 Å². The van der Waals surface area contributed by atoms with Crippen LogP contribution in [-0.4, -0.2) is 57.1 Å². The Kier molecular flexibility index (Phi) is 6.54. The number of benzene rings is 2. The SMILES string of the molecule is Cc1ccc(C)c2sc(N(CCN(C)C)C(=O)CS(=O)(=O)c3ccc(F)cc3)nc12. The van der Waals surface area contributed by atoms with Gasteiger partial charge in [-0.15, -0.1) is 0 Å². The van der Waals surface area contributed by atoms with Crippen molar-refractivity contribution in [3.8, 4) is 0 Å². The number of anilines is 1. The monoisotopic (exact) mass is 449 g/mol. The van der Waals surface area contributed by atoms with E-state index in [9.17, 15) is 17.6 Å². The molecule has 30 heavy (non-hydrogen) atoms. The van der Waals surface area contributed by atoms with E-state index in [4.69, 9.17) is 0 Å². The van der Waals surface area contributed by atoms with Crippen molar-refractivity contribution in [2.24, 2.45) is 0 Å². The van der Waals surface area contributed by atoms with Crippen molar-refractivity contribution < 1.29 is 17.6 Å². The first-order valence-electron chi connectivity index (χ1n) is 9.38. The van der Waals surface area contributed by atoms with E-state index in [1.54, 1.807) is 0 Å². The number of hydrogen-bond donors (Lipinski definition) is 0. The van der Waals surface area contributed by atoms with Gasteiger partial charge in [0.25, 0.3) is 0 Å².